The number of hydrogen-bond acceptors (Lipinski definition) is 4. The molecule has 0 aliphatic carbocycles. The smallest absolute Gasteiger partial charge is 0.404 e. The molecule has 1 saturated heterocycles. The molecule has 0 bridgehead atoms. The normalized spacial score (nSPS) is 16.8. The van der Waals surface area contributed by atoms with Crippen LogP contribution in [0, 0.1) is 6.92 Å². The standard InChI is InChI=1S/C25H25F3N2O3S/c1-19-11-13-21(14-12-19)24(20-7-3-2-4-8-20)29-15-17-30(18-16-29)34(31,32)23-10-6-5-9-22(23)33-25(26,27)28/h2-14,24H,15-18H2,1H3/t24-/m0/s1. The first-order chi connectivity index (χ1) is 16.1. The lowest BCUT2D eigenvalue weighted by atomic mass is 9.96. The van der Waals surface area contributed by atoms with Gasteiger partial charge in [-0.05, 0) is 30.2 Å². The topological polar surface area (TPSA) is 49.9 Å². The summed E-state index contributed by atoms with van der Waals surface area (Å²) in [7, 11) is -4.17. The Morgan fingerprint density at radius 1 is 0.794 bits per heavy atom. The van der Waals surface area contributed by atoms with Gasteiger partial charge in [-0.15, -0.1) is 13.2 Å². The van der Waals surface area contributed by atoms with Gasteiger partial charge in [0, 0.05) is 26.2 Å². The van der Waals surface area contributed by atoms with Crippen LogP contribution in [0.2, 0.25) is 0 Å². The zero-order valence-electron chi connectivity index (χ0n) is 18.6. The minimum Gasteiger partial charge on any atom is -0.404 e. The molecule has 34 heavy (non-hydrogen) atoms. The highest BCUT2D eigenvalue weighted by atomic mass is 32.2. The molecule has 0 unspecified atom stereocenters. The Bertz CT molecular complexity index is 1210. The zero-order chi connectivity index (χ0) is 24.3. The average Bonchev–Trinajstić information content (AvgIpc) is 2.81. The van der Waals surface area contributed by atoms with E-state index >= 15 is 0 Å². The molecule has 180 valence electrons. The number of sulfonamides is 1. The van der Waals surface area contributed by atoms with E-state index in [-0.39, 0.29) is 19.1 Å². The molecule has 0 aromatic heterocycles. The summed E-state index contributed by atoms with van der Waals surface area (Å²) in [6.07, 6.45) is -4.98. The lowest BCUT2D eigenvalue weighted by molar-refractivity contribution is -0.275. The average molecular weight is 491 g/mol. The van der Waals surface area contributed by atoms with Crippen molar-refractivity contribution in [1.82, 2.24) is 9.21 Å². The van der Waals surface area contributed by atoms with Gasteiger partial charge in [0.2, 0.25) is 10.0 Å². The van der Waals surface area contributed by atoms with E-state index in [1.165, 1.54) is 16.4 Å². The molecule has 0 saturated carbocycles. The van der Waals surface area contributed by atoms with Crippen LogP contribution >= 0.6 is 0 Å². The molecule has 3 aromatic rings. The molecule has 0 radical (unpaired) electrons. The van der Waals surface area contributed by atoms with Crippen LogP contribution in [-0.4, -0.2) is 50.2 Å². The summed E-state index contributed by atoms with van der Waals surface area (Å²) in [5, 5.41) is 0. The van der Waals surface area contributed by atoms with E-state index in [9.17, 15) is 21.6 Å². The van der Waals surface area contributed by atoms with Gasteiger partial charge in [-0.3, -0.25) is 4.90 Å². The monoisotopic (exact) mass is 490 g/mol. The largest absolute Gasteiger partial charge is 0.573 e. The molecule has 1 fully saturated rings. The van der Waals surface area contributed by atoms with Crippen molar-refractivity contribution in [2.45, 2.75) is 24.2 Å². The molecule has 0 N–H and O–H groups in total. The summed E-state index contributed by atoms with van der Waals surface area (Å²) >= 11 is 0. The van der Waals surface area contributed by atoms with Crippen molar-refractivity contribution in [1.29, 1.82) is 0 Å². The minimum absolute atomic E-state index is 0.0625. The summed E-state index contributed by atoms with van der Waals surface area (Å²) in [4.78, 5) is 1.71. The van der Waals surface area contributed by atoms with Crippen LogP contribution in [0.1, 0.15) is 22.7 Å². The Morgan fingerprint density at radius 3 is 1.97 bits per heavy atom. The summed E-state index contributed by atoms with van der Waals surface area (Å²) in [6.45, 7) is 3.17. The highest BCUT2D eigenvalue weighted by Crippen LogP contribution is 2.34. The molecule has 1 heterocycles. The number of benzene rings is 3. The van der Waals surface area contributed by atoms with Crippen molar-refractivity contribution in [3.63, 3.8) is 0 Å². The molecule has 3 aromatic carbocycles. The first kappa shape index (κ1) is 24.3. The maximum absolute atomic E-state index is 13.2. The molecule has 0 spiro atoms. The van der Waals surface area contributed by atoms with Crippen molar-refractivity contribution < 1.29 is 26.3 Å². The van der Waals surface area contributed by atoms with Crippen molar-refractivity contribution in [2.24, 2.45) is 0 Å². The Hall–Kier alpha value is -2.88. The van der Waals surface area contributed by atoms with Gasteiger partial charge in [-0.1, -0.05) is 72.3 Å². The first-order valence-corrected chi connectivity index (χ1v) is 12.3. The highest BCUT2D eigenvalue weighted by Gasteiger charge is 2.37. The summed E-state index contributed by atoms with van der Waals surface area (Å²) in [5.74, 6) is -0.723. The van der Waals surface area contributed by atoms with Gasteiger partial charge >= 0.3 is 6.36 Å². The number of piperazine rings is 1. The van der Waals surface area contributed by atoms with Crippen LogP contribution in [-0.2, 0) is 10.0 Å². The molecule has 4 rings (SSSR count). The number of hydrogen-bond donors (Lipinski definition) is 0. The molecule has 1 atom stereocenters. The fraction of sp³-hybridized carbons (Fsp3) is 0.280. The second-order valence-electron chi connectivity index (χ2n) is 8.16. The molecular formula is C25H25F3N2O3S. The van der Waals surface area contributed by atoms with Crippen LogP contribution in [0.5, 0.6) is 5.75 Å². The Morgan fingerprint density at radius 2 is 1.35 bits per heavy atom. The second-order valence-corrected chi connectivity index (χ2v) is 10.1. The lowest BCUT2D eigenvalue weighted by Gasteiger charge is -2.39. The first-order valence-electron chi connectivity index (χ1n) is 10.9. The van der Waals surface area contributed by atoms with Crippen molar-refractivity contribution in [2.75, 3.05) is 26.2 Å². The van der Waals surface area contributed by atoms with E-state index in [1.807, 2.05) is 49.4 Å². The van der Waals surface area contributed by atoms with Gasteiger partial charge in [-0.25, -0.2) is 8.42 Å². The zero-order valence-corrected chi connectivity index (χ0v) is 19.4. The Balaban J connectivity index is 1.57. The van der Waals surface area contributed by atoms with Crippen LogP contribution < -0.4 is 4.74 Å². The quantitative estimate of drug-likeness (QED) is 0.489. The van der Waals surface area contributed by atoms with Crippen molar-refractivity contribution >= 4 is 10.0 Å². The van der Waals surface area contributed by atoms with Gasteiger partial charge in [0.15, 0.2) is 0 Å². The number of nitrogens with zero attached hydrogens (tertiary/aromatic N) is 2. The van der Waals surface area contributed by atoms with E-state index in [1.54, 1.807) is 0 Å². The number of aryl methyl sites for hydroxylation is 1. The predicted octanol–water partition coefficient (Wildman–Crippen LogP) is 4.99. The van der Waals surface area contributed by atoms with Gasteiger partial charge in [0.05, 0.1) is 6.04 Å². The molecular weight excluding hydrogens is 465 g/mol. The lowest BCUT2D eigenvalue weighted by Crippen LogP contribution is -2.49. The minimum atomic E-state index is -4.98. The second kappa shape index (κ2) is 9.77. The van der Waals surface area contributed by atoms with E-state index in [2.05, 4.69) is 21.8 Å². The van der Waals surface area contributed by atoms with Gasteiger partial charge < -0.3 is 4.74 Å². The van der Waals surface area contributed by atoms with Gasteiger partial charge in [0.1, 0.15) is 10.6 Å². The van der Waals surface area contributed by atoms with Crippen molar-refractivity contribution in [3.8, 4) is 5.75 Å². The van der Waals surface area contributed by atoms with Crippen molar-refractivity contribution in [3.05, 3.63) is 95.6 Å². The number of halogens is 3. The molecule has 0 amide bonds. The van der Waals surface area contributed by atoms with E-state index in [4.69, 9.17) is 0 Å². The Kier molecular flexibility index (Phi) is 6.97. The van der Waals surface area contributed by atoms with E-state index in [0.29, 0.717) is 13.1 Å². The molecule has 1 aliphatic rings. The fourth-order valence-corrected chi connectivity index (χ4v) is 5.75. The summed E-state index contributed by atoms with van der Waals surface area (Å²) in [5.41, 5.74) is 3.33. The van der Waals surface area contributed by atoms with E-state index in [0.717, 1.165) is 28.8 Å². The third-order valence-electron chi connectivity index (χ3n) is 5.84. The number of rotatable bonds is 6. The fourth-order valence-electron chi connectivity index (χ4n) is 4.21. The summed E-state index contributed by atoms with van der Waals surface area (Å²) in [6, 6.07) is 23.0. The molecule has 1 aliphatic heterocycles. The maximum atomic E-state index is 13.2. The molecule has 5 nitrogen and oxygen atoms in total. The number of para-hydroxylation sites is 1. The third kappa shape index (κ3) is 5.43. The predicted molar refractivity (Wildman–Crippen MR) is 123 cm³/mol. The highest BCUT2D eigenvalue weighted by molar-refractivity contribution is 7.89. The number of alkyl halides is 3. The number of ether oxygens (including phenoxy) is 1. The van der Waals surface area contributed by atoms with Crippen LogP contribution in [0.4, 0.5) is 13.2 Å². The Labute approximate surface area is 197 Å². The van der Waals surface area contributed by atoms with Crippen LogP contribution in [0.15, 0.2) is 83.8 Å². The van der Waals surface area contributed by atoms with Crippen LogP contribution in [0.25, 0.3) is 0 Å². The third-order valence-corrected chi connectivity index (χ3v) is 7.78. The van der Waals surface area contributed by atoms with Gasteiger partial charge in [-0.2, -0.15) is 4.31 Å². The molecule has 9 heteroatoms. The van der Waals surface area contributed by atoms with Crippen LogP contribution in [0.3, 0.4) is 0 Å². The summed E-state index contributed by atoms with van der Waals surface area (Å²) < 4.78 is 70.0. The van der Waals surface area contributed by atoms with Gasteiger partial charge in [0.25, 0.3) is 0 Å². The van der Waals surface area contributed by atoms with E-state index < -0.39 is 27.0 Å². The maximum Gasteiger partial charge on any atom is 0.573 e. The SMILES string of the molecule is Cc1ccc([C@H](c2ccccc2)N2CCN(S(=O)(=O)c3ccccc3OC(F)(F)F)CC2)cc1.